The highest BCUT2D eigenvalue weighted by Gasteiger charge is 2.21. The highest BCUT2D eigenvalue weighted by Crippen LogP contribution is 2.28. The third-order valence-corrected chi connectivity index (χ3v) is 6.94. The van der Waals surface area contributed by atoms with E-state index in [-0.39, 0.29) is 35.2 Å². The molecule has 5 rings (SSSR count). The first kappa shape index (κ1) is 25.7. The van der Waals surface area contributed by atoms with Crippen LogP contribution in [-0.2, 0) is 29.2 Å². The lowest BCUT2D eigenvalue weighted by molar-refractivity contribution is 0.312. The number of hydrogen-bond acceptors (Lipinski definition) is 8. The Hall–Kier alpha value is -3.90. The lowest BCUT2D eigenvalue weighted by atomic mass is 9.94. The predicted molar refractivity (Wildman–Crippen MR) is 148 cm³/mol. The third kappa shape index (κ3) is 4.96. The largest absolute Gasteiger partial charge is 0.324 e. The van der Waals surface area contributed by atoms with Gasteiger partial charge in [0.2, 0.25) is 5.95 Å². The molecule has 4 aromatic rings. The molecule has 0 amide bonds. The van der Waals surface area contributed by atoms with E-state index in [1.165, 1.54) is 63.0 Å². The minimum absolute atomic E-state index is 0.0796. The molecular formula is C26H29FN8O2S. The molecule has 198 valence electrons. The minimum Gasteiger partial charge on any atom is -0.324 e. The standard InChI is InChI=1S/C26H29FN8O2S/c1-6-10-34-25(36)20-14-28-26(29-18-12-16(2)19-9-11-33(3)15-17(19)13-18)31-23(20)35(34)24-21(27)7-8-22(30-24)32-38(4,5)37/h6-8,12-14H,1,9-11,15H2,2-5H3,(H,28,29,31). The van der Waals surface area contributed by atoms with Gasteiger partial charge in [-0.3, -0.25) is 4.79 Å². The zero-order valence-electron chi connectivity index (χ0n) is 21.7. The molecule has 1 N–H and O–H groups in total. The quantitative estimate of drug-likeness (QED) is 0.374. The summed E-state index contributed by atoms with van der Waals surface area (Å²) in [5.41, 5.74) is 4.35. The van der Waals surface area contributed by atoms with E-state index in [4.69, 9.17) is 0 Å². The Balaban J connectivity index is 1.65. The molecule has 1 aliphatic heterocycles. The smallest absolute Gasteiger partial charge is 0.278 e. The summed E-state index contributed by atoms with van der Waals surface area (Å²) in [6.07, 6.45) is 6.86. The average molecular weight is 537 g/mol. The third-order valence-electron chi connectivity index (χ3n) is 6.31. The van der Waals surface area contributed by atoms with Crippen molar-refractivity contribution in [2.75, 3.05) is 31.4 Å². The van der Waals surface area contributed by atoms with E-state index in [0.717, 1.165) is 25.2 Å². The van der Waals surface area contributed by atoms with Crippen LogP contribution in [0.25, 0.3) is 16.9 Å². The Labute approximate surface area is 220 Å². The fraction of sp³-hybridized carbons (Fsp3) is 0.308. The molecule has 12 heteroatoms. The zero-order valence-corrected chi connectivity index (χ0v) is 22.5. The van der Waals surface area contributed by atoms with Gasteiger partial charge in [-0.1, -0.05) is 6.08 Å². The van der Waals surface area contributed by atoms with Crippen molar-refractivity contribution >= 4 is 38.2 Å². The van der Waals surface area contributed by atoms with E-state index >= 15 is 4.39 Å². The van der Waals surface area contributed by atoms with Gasteiger partial charge in [0.1, 0.15) is 5.39 Å². The van der Waals surface area contributed by atoms with Crippen LogP contribution in [-0.4, -0.2) is 59.5 Å². The summed E-state index contributed by atoms with van der Waals surface area (Å²) in [6, 6.07) is 6.65. The van der Waals surface area contributed by atoms with Gasteiger partial charge in [0.05, 0.1) is 6.54 Å². The Bertz CT molecular complexity index is 1760. The number of nitrogens with zero attached hydrogens (tertiary/aromatic N) is 7. The monoisotopic (exact) mass is 536 g/mol. The second kappa shape index (κ2) is 9.76. The number of pyridine rings is 1. The van der Waals surface area contributed by atoms with Crippen molar-refractivity contribution in [2.24, 2.45) is 4.36 Å². The van der Waals surface area contributed by atoms with E-state index in [9.17, 15) is 9.00 Å². The van der Waals surface area contributed by atoms with Gasteiger partial charge in [-0.25, -0.2) is 27.9 Å². The number of nitrogens with one attached hydrogen (secondary N) is 1. The van der Waals surface area contributed by atoms with Gasteiger partial charge < -0.3 is 10.2 Å². The molecule has 0 fully saturated rings. The predicted octanol–water partition coefficient (Wildman–Crippen LogP) is 3.70. The highest BCUT2D eigenvalue weighted by molar-refractivity contribution is 7.92. The van der Waals surface area contributed by atoms with Crippen LogP contribution in [0.15, 0.2) is 52.3 Å². The summed E-state index contributed by atoms with van der Waals surface area (Å²) in [6.45, 7) is 7.75. The van der Waals surface area contributed by atoms with Gasteiger partial charge in [-0.15, -0.1) is 6.58 Å². The number of likely N-dealkylation sites (N-methyl/N-ethyl adjacent to an activating group) is 1. The molecule has 3 aromatic heterocycles. The fourth-order valence-corrected chi connectivity index (χ4v) is 5.25. The summed E-state index contributed by atoms with van der Waals surface area (Å²) >= 11 is 0. The summed E-state index contributed by atoms with van der Waals surface area (Å²) < 4.78 is 34.0. The maximum Gasteiger partial charge on any atom is 0.278 e. The molecule has 0 spiro atoms. The van der Waals surface area contributed by atoms with Crippen LogP contribution in [0.1, 0.15) is 16.7 Å². The molecule has 0 unspecified atom stereocenters. The highest BCUT2D eigenvalue weighted by atomic mass is 32.2. The van der Waals surface area contributed by atoms with Crippen LogP contribution in [0.4, 0.5) is 21.8 Å². The van der Waals surface area contributed by atoms with Gasteiger partial charge in [0.15, 0.2) is 23.1 Å². The van der Waals surface area contributed by atoms with Crippen molar-refractivity contribution in [3.63, 3.8) is 0 Å². The Morgan fingerprint density at radius 1 is 1.26 bits per heavy atom. The van der Waals surface area contributed by atoms with Gasteiger partial charge >= 0.3 is 0 Å². The first-order chi connectivity index (χ1) is 18.0. The first-order valence-corrected chi connectivity index (χ1v) is 14.4. The fourth-order valence-electron chi connectivity index (χ4n) is 4.70. The Morgan fingerprint density at radius 2 is 2.05 bits per heavy atom. The SMILES string of the molecule is C=CCn1c(=O)c2cnc(Nc3cc(C)c4c(c3)CN(C)CC4)nc2n1-c1nc(N=S(C)(C)=O)ccc1F. The number of halogens is 1. The van der Waals surface area contributed by atoms with Crippen LogP contribution < -0.4 is 10.9 Å². The molecule has 1 aliphatic rings. The van der Waals surface area contributed by atoms with Gasteiger partial charge in [0, 0.05) is 47.2 Å². The van der Waals surface area contributed by atoms with E-state index < -0.39 is 21.1 Å². The summed E-state index contributed by atoms with van der Waals surface area (Å²) in [5, 5.41) is 3.44. The Kier molecular flexibility index (Phi) is 6.61. The minimum atomic E-state index is -2.54. The number of allylic oxidation sites excluding steroid dienone is 1. The first-order valence-electron chi connectivity index (χ1n) is 12.1. The number of fused-ring (bicyclic) bond motifs is 2. The number of anilines is 2. The maximum absolute atomic E-state index is 15.1. The molecule has 1 aromatic carbocycles. The maximum atomic E-state index is 15.1. The molecule has 4 heterocycles. The van der Waals surface area contributed by atoms with Crippen LogP contribution in [0.2, 0.25) is 0 Å². The summed E-state index contributed by atoms with van der Waals surface area (Å²) in [4.78, 5) is 28.7. The van der Waals surface area contributed by atoms with E-state index in [2.05, 4.69) is 56.1 Å². The lowest BCUT2D eigenvalue weighted by Gasteiger charge is -2.27. The van der Waals surface area contributed by atoms with Crippen molar-refractivity contribution in [3.05, 3.63) is 76.0 Å². The molecule has 38 heavy (non-hydrogen) atoms. The average Bonchev–Trinajstić information content (AvgIpc) is 3.10. The molecular weight excluding hydrogens is 507 g/mol. The molecule has 0 atom stereocenters. The van der Waals surface area contributed by atoms with Crippen molar-refractivity contribution in [1.29, 1.82) is 0 Å². The molecule has 0 saturated heterocycles. The number of hydrogen-bond donors (Lipinski definition) is 1. The van der Waals surface area contributed by atoms with Crippen LogP contribution >= 0.6 is 0 Å². The van der Waals surface area contributed by atoms with Crippen molar-refractivity contribution < 1.29 is 8.60 Å². The van der Waals surface area contributed by atoms with Crippen LogP contribution in [0.5, 0.6) is 0 Å². The van der Waals surface area contributed by atoms with Gasteiger partial charge in [-0.2, -0.15) is 9.35 Å². The molecule has 0 bridgehead atoms. The molecule has 0 aliphatic carbocycles. The van der Waals surface area contributed by atoms with E-state index in [1.807, 2.05) is 6.07 Å². The van der Waals surface area contributed by atoms with E-state index in [0.29, 0.717) is 0 Å². The normalized spacial score (nSPS) is 13.9. The number of aryl methyl sites for hydroxylation is 1. The van der Waals surface area contributed by atoms with Crippen LogP contribution in [0, 0.1) is 12.7 Å². The van der Waals surface area contributed by atoms with Gasteiger partial charge in [-0.05, 0) is 61.3 Å². The number of aromatic nitrogens is 5. The molecule has 10 nitrogen and oxygen atoms in total. The topological polar surface area (TPSA) is 110 Å². The summed E-state index contributed by atoms with van der Waals surface area (Å²) in [5.74, 6) is -0.559. The van der Waals surface area contributed by atoms with Gasteiger partial charge in [0.25, 0.3) is 5.56 Å². The number of benzene rings is 1. The Morgan fingerprint density at radius 3 is 2.79 bits per heavy atom. The van der Waals surface area contributed by atoms with Crippen molar-refractivity contribution in [2.45, 2.75) is 26.4 Å². The van der Waals surface area contributed by atoms with Crippen molar-refractivity contribution in [1.82, 2.24) is 29.2 Å². The van der Waals surface area contributed by atoms with Crippen molar-refractivity contribution in [3.8, 4) is 5.82 Å². The summed E-state index contributed by atoms with van der Waals surface area (Å²) in [7, 11) is -0.450. The zero-order chi connectivity index (χ0) is 27.2. The number of rotatable bonds is 6. The molecule has 0 radical (unpaired) electrons. The molecule has 0 saturated carbocycles. The van der Waals surface area contributed by atoms with Crippen LogP contribution in [0.3, 0.4) is 0 Å². The lowest BCUT2D eigenvalue weighted by Crippen LogP contribution is -2.27. The van der Waals surface area contributed by atoms with E-state index in [1.54, 1.807) is 0 Å². The second-order valence-electron chi connectivity index (χ2n) is 9.71. The second-order valence-corrected chi connectivity index (χ2v) is 12.3.